The van der Waals surface area contributed by atoms with Crippen molar-refractivity contribution in [2.45, 2.75) is 20.8 Å². The third-order valence-corrected chi connectivity index (χ3v) is 4.12. The molecule has 2 amide bonds. The number of carbonyl (C=O) groups excluding carboxylic acids is 2. The molecule has 3 N–H and O–H groups in total. The Hall–Kier alpha value is -3.49. The van der Waals surface area contributed by atoms with Gasteiger partial charge in [0.05, 0.1) is 17.1 Å². The summed E-state index contributed by atoms with van der Waals surface area (Å²) in [5.74, 6) is -1.43. The highest BCUT2D eigenvalue weighted by molar-refractivity contribution is 6.04. The molecular weight excluding hydrogens is 351 g/mol. The van der Waals surface area contributed by atoms with Crippen molar-refractivity contribution < 1.29 is 14.0 Å². The molecule has 0 atom stereocenters. The Balaban J connectivity index is 1.82. The first-order valence-electron chi connectivity index (χ1n) is 8.20. The van der Waals surface area contributed by atoms with Gasteiger partial charge in [-0.1, -0.05) is 0 Å². The average Bonchev–Trinajstić information content (AvgIpc) is 3.15. The third kappa shape index (κ3) is 3.71. The van der Waals surface area contributed by atoms with E-state index in [1.165, 1.54) is 25.1 Å². The molecule has 1 aromatic carbocycles. The first kappa shape index (κ1) is 18.3. The number of rotatable bonds is 4. The van der Waals surface area contributed by atoms with Crippen LogP contribution in [-0.2, 0) is 11.8 Å². The minimum Gasteiger partial charge on any atom is -0.324 e. The van der Waals surface area contributed by atoms with Crippen molar-refractivity contribution in [3.8, 4) is 11.3 Å². The summed E-state index contributed by atoms with van der Waals surface area (Å²) in [7, 11) is 1.84. The van der Waals surface area contributed by atoms with Crippen molar-refractivity contribution in [2.75, 3.05) is 10.6 Å². The van der Waals surface area contributed by atoms with Crippen LogP contribution >= 0.6 is 0 Å². The number of nitrogens with one attached hydrogen (secondary N) is 3. The van der Waals surface area contributed by atoms with Gasteiger partial charge in [-0.05, 0) is 38.1 Å². The second-order valence-corrected chi connectivity index (χ2v) is 6.17. The number of aryl methyl sites for hydroxylation is 2. The molecule has 2 aromatic heterocycles. The molecular formula is C18H19FN6O2. The van der Waals surface area contributed by atoms with Crippen molar-refractivity contribution in [1.29, 1.82) is 0 Å². The maximum Gasteiger partial charge on any atom is 0.273 e. The fraction of sp³-hybridized carbons (Fsp3) is 0.222. The van der Waals surface area contributed by atoms with Crippen LogP contribution in [-0.4, -0.2) is 31.8 Å². The number of hydrogen-bond acceptors (Lipinski definition) is 4. The van der Waals surface area contributed by atoms with Crippen LogP contribution in [0.25, 0.3) is 11.3 Å². The van der Waals surface area contributed by atoms with Crippen molar-refractivity contribution >= 4 is 23.2 Å². The quantitative estimate of drug-likeness (QED) is 0.657. The van der Waals surface area contributed by atoms with E-state index in [9.17, 15) is 14.0 Å². The average molecular weight is 370 g/mol. The van der Waals surface area contributed by atoms with Gasteiger partial charge in [0.2, 0.25) is 5.91 Å². The summed E-state index contributed by atoms with van der Waals surface area (Å²) >= 11 is 0. The van der Waals surface area contributed by atoms with E-state index in [2.05, 4.69) is 25.9 Å². The van der Waals surface area contributed by atoms with Crippen LogP contribution in [0.3, 0.4) is 0 Å². The standard InChI is InChI=1S/C18H19FN6O2/c1-9-17(10(2)25(4)24-9)15-8-16(23-22-15)18(27)21-12-5-6-13(19)14(7-12)20-11(3)26/h5-8H,1-4H3,(H,20,26)(H,21,27)(H,22,23). The molecule has 0 aliphatic carbocycles. The normalized spacial score (nSPS) is 10.7. The van der Waals surface area contributed by atoms with Gasteiger partial charge < -0.3 is 10.6 Å². The molecule has 0 fully saturated rings. The Bertz CT molecular complexity index is 1040. The van der Waals surface area contributed by atoms with Gasteiger partial charge >= 0.3 is 0 Å². The summed E-state index contributed by atoms with van der Waals surface area (Å²) in [5.41, 5.74) is 3.81. The summed E-state index contributed by atoms with van der Waals surface area (Å²) in [4.78, 5) is 23.6. The van der Waals surface area contributed by atoms with Gasteiger partial charge in [-0.3, -0.25) is 19.4 Å². The molecule has 0 saturated heterocycles. The molecule has 9 heteroatoms. The summed E-state index contributed by atoms with van der Waals surface area (Å²) in [6.45, 7) is 5.07. The van der Waals surface area contributed by atoms with Crippen LogP contribution < -0.4 is 10.6 Å². The summed E-state index contributed by atoms with van der Waals surface area (Å²) in [5, 5.41) is 16.3. The number of aromatic nitrogens is 4. The fourth-order valence-electron chi connectivity index (χ4n) is 2.80. The number of carbonyl (C=O) groups is 2. The molecule has 0 unspecified atom stereocenters. The molecule has 3 aromatic rings. The molecule has 0 aliphatic rings. The Labute approximate surface area is 154 Å². The van der Waals surface area contributed by atoms with E-state index in [0.717, 1.165) is 17.0 Å². The molecule has 0 saturated carbocycles. The summed E-state index contributed by atoms with van der Waals surface area (Å²) in [6.07, 6.45) is 0. The molecule has 0 bridgehead atoms. The zero-order valence-electron chi connectivity index (χ0n) is 15.3. The highest BCUT2D eigenvalue weighted by Crippen LogP contribution is 2.25. The van der Waals surface area contributed by atoms with E-state index in [1.807, 2.05) is 20.9 Å². The Morgan fingerprint density at radius 2 is 1.93 bits per heavy atom. The number of anilines is 2. The van der Waals surface area contributed by atoms with Gasteiger partial charge in [-0.2, -0.15) is 10.2 Å². The van der Waals surface area contributed by atoms with E-state index in [1.54, 1.807) is 10.7 Å². The highest BCUT2D eigenvalue weighted by Gasteiger charge is 2.17. The topological polar surface area (TPSA) is 105 Å². The van der Waals surface area contributed by atoms with E-state index in [4.69, 9.17) is 0 Å². The van der Waals surface area contributed by atoms with Crippen LogP contribution in [0.1, 0.15) is 28.8 Å². The van der Waals surface area contributed by atoms with Crippen molar-refractivity contribution in [3.63, 3.8) is 0 Å². The van der Waals surface area contributed by atoms with Gasteiger partial charge in [-0.15, -0.1) is 0 Å². The number of H-pyrrole nitrogens is 1. The molecule has 3 rings (SSSR count). The van der Waals surface area contributed by atoms with E-state index >= 15 is 0 Å². The number of amides is 2. The minimum absolute atomic E-state index is 0.00721. The van der Waals surface area contributed by atoms with Gasteiger partial charge in [0.1, 0.15) is 11.5 Å². The predicted octanol–water partition coefficient (Wildman–Crippen LogP) is 2.78. The van der Waals surface area contributed by atoms with E-state index in [-0.39, 0.29) is 11.4 Å². The molecule has 0 radical (unpaired) electrons. The van der Waals surface area contributed by atoms with E-state index in [0.29, 0.717) is 11.4 Å². The number of hydrogen-bond donors (Lipinski definition) is 3. The summed E-state index contributed by atoms with van der Waals surface area (Å²) < 4.78 is 15.5. The first-order valence-corrected chi connectivity index (χ1v) is 8.20. The lowest BCUT2D eigenvalue weighted by Crippen LogP contribution is -2.13. The third-order valence-electron chi connectivity index (χ3n) is 4.12. The molecule has 27 heavy (non-hydrogen) atoms. The smallest absolute Gasteiger partial charge is 0.273 e. The van der Waals surface area contributed by atoms with Gasteiger partial charge in [-0.25, -0.2) is 4.39 Å². The van der Waals surface area contributed by atoms with Crippen molar-refractivity contribution in [2.24, 2.45) is 7.05 Å². The van der Waals surface area contributed by atoms with Gasteiger partial charge in [0.15, 0.2) is 0 Å². The summed E-state index contributed by atoms with van der Waals surface area (Å²) in [6, 6.07) is 5.55. The lowest BCUT2D eigenvalue weighted by molar-refractivity contribution is -0.114. The predicted molar refractivity (Wildman–Crippen MR) is 98.9 cm³/mol. The Kier molecular flexibility index (Phi) is 4.76. The van der Waals surface area contributed by atoms with Crippen LogP contribution in [0.5, 0.6) is 0 Å². The van der Waals surface area contributed by atoms with Crippen molar-refractivity contribution in [1.82, 2.24) is 20.0 Å². The molecule has 0 aliphatic heterocycles. The van der Waals surface area contributed by atoms with Gasteiger partial charge in [0, 0.05) is 30.9 Å². The largest absolute Gasteiger partial charge is 0.324 e. The molecule has 0 spiro atoms. The lowest BCUT2D eigenvalue weighted by Gasteiger charge is -2.08. The van der Waals surface area contributed by atoms with Crippen LogP contribution in [0.2, 0.25) is 0 Å². The number of nitrogens with zero attached hydrogens (tertiary/aromatic N) is 3. The number of aromatic amines is 1. The SMILES string of the molecule is CC(=O)Nc1cc(NC(=O)c2cc(-c3c(C)nn(C)c3C)n[nH]2)ccc1F. The van der Waals surface area contributed by atoms with Crippen LogP contribution in [0.15, 0.2) is 24.3 Å². The Morgan fingerprint density at radius 1 is 1.19 bits per heavy atom. The second-order valence-electron chi connectivity index (χ2n) is 6.17. The monoisotopic (exact) mass is 370 g/mol. The van der Waals surface area contributed by atoms with Crippen LogP contribution in [0.4, 0.5) is 15.8 Å². The fourth-order valence-corrected chi connectivity index (χ4v) is 2.80. The van der Waals surface area contributed by atoms with Gasteiger partial charge in [0.25, 0.3) is 5.91 Å². The molecule has 2 heterocycles. The number of benzene rings is 1. The highest BCUT2D eigenvalue weighted by atomic mass is 19.1. The lowest BCUT2D eigenvalue weighted by atomic mass is 10.1. The molecule has 8 nitrogen and oxygen atoms in total. The number of halogens is 1. The van der Waals surface area contributed by atoms with Crippen molar-refractivity contribution in [3.05, 3.63) is 47.2 Å². The zero-order valence-corrected chi connectivity index (χ0v) is 15.3. The molecule has 140 valence electrons. The maximum absolute atomic E-state index is 13.7. The first-order chi connectivity index (χ1) is 12.8. The van der Waals surface area contributed by atoms with Crippen LogP contribution in [0, 0.1) is 19.7 Å². The maximum atomic E-state index is 13.7. The van der Waals surface area contributed by atoms with E-state index < -0.39 is 17.6 Å². The minimum atomic E-state index is -0.588. The second kappa shape index (κ2) is 7.02. The Morgan fingerprint density at radius 3 is 2.56 bits per heavy atom. The zero-order chi connectivity index (χ0) is 19.7.